The number of carbonyl (C=O) groups excluding carboxylic acids is 1. The van der Waals surface area contributed by atoms with Gasteiger partial charge in [0.05, 0.1) is 10.6 Å². The van der Waals surface area contributed by atoms with Crippen LogP contribution in [0.2, 0.25) is 10.0 Å². The molecule has 1 aromatic carbocycles. The number of aryl methyl sites for hydroxylation is 1. The molecule has 118 valence electrons. The van der Waals surface area contributed by atoms with Crippen LogP contribution in [0.15, 0.2) is 12.1 Å². The molecule has 10 heteroatoms. The van der Waals surface area contributed by atoms with Gasteiger partial charge in [-0.1, -0.05) is 23.2 Å². The first kappa shape index (κ1) is 16.9. The lowest BCUT2D eigenvalue weighted by atomic mass is 10.1. The third-order valence-corrected chi connectivity index (χ3v) is 3.52. The second kappa shape index (κ2) is 6.36. The Morgan fingerprint density at radius 3 is 2.55 bits per heavy atom. The van der Waals surface area contributed by atoms with Crippen LogP contribution in [0.3, 0.4) is 0 Å². The number of hydrogen-bond donors (Lipinski definition) is 0. The number of aromatic nitrogens is 2. The van der Waals surface area contributed by atoms with Crippen LogP contribution in [-0.4, -0.2) is 21.6 Å². The molecule has 1 heterocycles. The van der Waals surface area contributed by atoms with Crippen LogP contribution in [0.25, 0.3) is 11.3 Å². The summed E-state index contributed by atoms with van der Waals surface area (Å²) in [4.78, 5) is 11.2. The summed E-state index contributed by atoms with van der Waals surface area (Å²) in [7, 11) is 1.29. The second-order valence-corrected chi connectivity index (χ2v) is 5.18. The molecule has 22 heavy (non-hydrogen) atoms. The van der Waals surface area contributed by atoms with E-state index in [-0.39, 0.29) is 26.9 Å². The summed E-state index contributed by atoms with van der Waals surface area (Å²) in [5, 5.41) is 2.37. The van der Waals surface area contributed by atoms with Crippen molar-refractivity contribution in [1.82, 2.24) is 9.78 Å². The molecule has 0 amide bonds. The first-order valence-corrected chi connectivity index (χ1v) is 6.72. The maximum atomic E-state index is 14.0. The number of benzene rings is 1. The van der Waals surface area contributed by atoms with Crippen molar-refractivity contribution in [3.8, 4) is 17.1 Å². The van der Waals surface area contributed by atoms with Crippen molar-refractivity contribution in [1.29, 1.82) is 0 Å². The third-order valence-electron chi connectivity index (χ3n) is 2.66. The van der Waals surface area contributed by atoms with Gasteiger partial charge in [-0.15, -0.1) is 0 Å². The molecule has 0 radical (unpaired) electrons. The van der Waals surface area contributed by atoms with Crippen LogP contribution in [0, 0.1) is 5.82 Å². The number of carbonyl (C=O) groups is 1. The van der Waals surface area contributed by atoms with E-state index in [0.29, 0.717) is 0 Å². The van der Waals surface area contributed by atoms with E-state index in [4.69, 9.17) is 34.8 Å². The average Bonchev–Trinajstić information content (AvgIpc) is 2.66. The first-order chi connectivity index (χ1) is 10.2. The fourth-order valence-corrected chi connectivity index (χ4v) is 2.50. The van der Waals surface area contributed by atoms with Gasteiger partial charge in [-0.25, -0.2) is 9.07 Å². The second-order valence-electron chi connectivity index (χ2n) is 4.06. The van der Waals surface area contributed by atoms with Gasteiger partial charge in [0.1, 0.15) is 16.5 Å². The highest BCUT2D eigenvalue weighted by molar-refractivity contribution is 6.68. The van der Waals surface area contributed by atoms with E-state index in [1.165, 1.54) is 7.05 Å². The molecule has 0 aliphatic heterocycles. The lowest BCUT2D eigenvalue weighted by molar-refractivity contribution is -0.0552. The van der Waals surface area contributed by atoms with Gasteiger partial charge in [-0.3, -0.25) is 4.79 Å². The smallest absolute Gasteiger partial charge is 0.388 e. The molecule has 0 saturated heterocycles. The van der Waals surface area contributed by atoms with Gasteiger partial charge in [0.15, 0.2) is 0 Å². The number of halogens is 6. The van der Waals surface area contributed by atoms with Crippen molar-refractivity contribution in [2.24, 2.45) is 7.05 Å². The highest BCUT2D eigenvalue weighted by Gasteiger charge is 2.24. The Labute approximate surface area is 137 Å². The van der Waals surface area contributed by atoms with E-state index in [0.717, 1.165) is 16.8 Å². The van der Waals surface area contributed by atoms with Crippen LogP contribution >= 0.6 is 34.8 Å². The van der Waals surface area contributed by atoms with E-state index in [9.17, 15) is 18.0 Å². The van der Waals surface area contributed by atoms with E-state index in [1.807, 2.05) is 0 Å². The van der Waals surface area contributed by atoms with Crippen LogP contribution in [0.4, 0.5) is 13.2 Å². The summed E-state index contributed by atoms with van der Waals surface area (Å²) in [6.45, 7) is -3.13. The fourth-order valence-electron chi connectivity index (χ4n) is 1.75. The zero-order chi connectivity index (χ0) is 16.6. The van der Waals surface area contributed by atoms with Crippen LogP contribution in [0.1, 0.15) is 10.4 Å². The average molecular weight is 374 g/mol. The molecule has 0 aliphatic carbocycles. The minimum atomic E-state index is -3.13. The highest BCUT2D eigenvalue weighted by Crippen LogP contribution is 2.38. The SMILES string of the molecule is Cn1nc(-c2cc(C(=O)Cl)c(Cl)cc2F)c(Cl)c1OC(F)F. The molecular formula is C12H6Cl3F3N2O2. The van der Waals surface area contributed by atoms with Crippen LogP contribution in [-0.2, 0) is 7.05 Å². The van der Waals surface area contributed by atoms with Crippen molar-refractivity contribution >= 4 is 40.0 Å². The van der Waals surface area contributed by atoms with Crippen molar-refractivity contribution in [2.45, 2.75) is 6.61 Å². The molecule has 0 bridgehead atoms. The summed E-state index contributed by atoms with van der Waals surface area (Å²) < 4.78 is 43.8. The van der Waals surface area contributed by atoms with Gasteiger partial charge in [-0.2, -0.15) is 13.9 Å². The van der Waals surface area contributed by atoms with Crippen molar-refractivity contribution in [3.05, 3.63) is 33.6 Å². The summed E-state index contributed by atoms with van der Waals surface area (Å²) in [6, 6.07) is 1.89. The Kier molecular flexibility index (Phi) is 4.89. The standard InChI is InChI=1S/C12H6Cl3F3N2O2/c1-20-11(22-12(17)18)8(14)9(19-20)5-2-4(10(15)21)6(13)3-7(5)16/h2-3,12H,1H3. The van der Waals surface area contributed by atoms with Crippen molar-refractivity contribution < 1.29 is 22.7 Å². The number of hydrogen-bond acceptors (Lipinski definition) is 3. The number of rotatable bonds is 4. The Morgan fingerprint density at radius 2 is 2.00 bits per heavy atom. The lowest BCUT2D eigenvalue weighted by Crippen LogP contribution is -2.06. The minimum Gasteiger partial charge on any atom is -0.416 e. The Morgan fingerprint density at radius 1 is 1.36 bits per heavy atom. The summed E-state index contributed by atoms with van der Waals surface area (Å²) >= 11 is 16.9. The molecule has 0 N–H and O–H groups in total. The van der Waals surface area contributed by atoms with E-state index in [1.54, 1.807) is 0 Å². The summed E-state index contributed by atoms with van der Waals surface area (Å²) in [6.07, 6.45) is 0. The molecule has 0 aliphatic rings. The number of ether oxygens (including phenoxy) is 1. The van der Waals surface area contributed by atoms with Gasteiger partial charge in [0.25, 0.3) is 5.24 Å². The predicted octanol–water partition coefficient (Wildman–Crippen LogP) is 4.51. The Bertz CT molecular complexity index is 750. The molecule has 2 rings (SSSR count). The molecule has 0 atom stereocenters. The lowest BCUT2D eigenvalue weighted by Gasteiger charge is -2.05. The Balaban J connectivity index is 2.62. The molecular weight excluding hydrogens is 367 g/mol. The van der Waals surface area contributed by atoms with Crippen LogP contribution < -0.4 is 4.74 Å². The molecule has 4 nitrogen and oxygen atoms in total. The van der Waals surface area contributed by atoms with Gasteiger partial charge >= 0.3 is 6.61 Å². The fraction of sp³-hybridized carbons (Fsp3) is 0.167. The zero-order valence-corrected chi connectivity index (χ0v) is 13.0. The quantitative estimate of drug-likeness (QED) is 0.741. The van der Waals surface area contributed by atoms with Gasteiger partial charge in [-0.05, 0) is 23.7 Å². The maximum Gasteiger partial charge on any atom is 0.388 e. The van der Waals surface area contributed by atoms with Crippen LogP contribution in [0.5, 0.6) is 5.88 Å². The maximum absolute atomic E-state index is 14.0. The summed E-state index contributed by atoms with van der Waals surface area (Å²) in [5.41, 5.74) is -0.580. The molecule has 0 unspecified atom stereocenters. The molecule has 0 saturated carbocycles. The zero-order valence-electron chi connectivity index (χ0n) is 10.7. The molecule has 2 aromatic rings. The first-order valence-electron chi connectivity index (χ1n) is 5.59. The molecule has 0 spiro atoms. The van der Waals surface area contributed by atoms with Gasteiger partial charge < -0.3 is 4.74 Å². The predicted molar refractivity (Wildman–Crippen MR) is 75.4 cm³/mol. The Hall–Kier alpha value is -1.44. The monoisotopic (exact) mass is 372 g/mol. The largest absolute Gasteiger partial charge is 0.416 e. The molecule has 1 aromatic heterocycles. The summed E-state index contributed by atoms with van der Waals surface area (Å²) in [5.74, 6) is -1.30. The van der Waals surface area contributed by atoms with E-state index < -0.39 is 23.6 Å². The van der Waals surface area contributed by atoms with Gasteiger partial charge in [0.2, 0.25) is 5.88 Å². The van der Waals surface area contributed by atoms with E-state index >= 15 is 0 Å². The molecule has 0 fully saturated rings. The van der Waals surface area contributed by atoms with Gasteiger partial charge in [0, 0.05) is 12.6 Å². The van der Waals surface area contributed by atoms with E-state index in [2.05, 4.69) is 9.84 Å². The third kappa shape index (κ3) is 3.16. The van der Waals surface area contributed by atoms with Crippen molar-refractivity contribution in [2.75, 3.05) is 0 Å². The van der Waals surface area contributed by atoms with Crippen molar-refractivity contribution in [3.63, 3.8) is 0 Å². The normalized spacial score (nSPS) is 11.1. The topological polar surface area (TPSA) is 44.1 Å². The highest BCUT2D eigenvalue weighted by atomic mass is 35.5. The minimum absolute atomic E-state index is 0.169. The number of alkyl halides is 2. The number of nitrogens with zero attached hydrogens (tertiary/aromatic N) is 2.